The molecule has 5 nitrogen and oxygen atoms in total. The minimum Gasteiger partial charge on any atom is -0.348 e. The Labute approximate surface area is 79.6 Å². The van der Waals surface area contributed by atoms with Gasteiger partial charge in [0.15, 0.2) is 0 Å². The van der Waals surface area contributed by atoms with Crippen LogP contribution in [0.1, 0.15) is 5.69 Å². The van der Waals surface area contributed by atoms with E-state index in [2.05, 4.69) is 9.97 Å². The van der Waals surface area contributed by atoms with Crippen LogP contribution in [0.4, 0.5) is 8.78 Å². The molecule has 0 saturated heterocycles. The van der Waals surface area contributed by atoms with Gasteiger partial charge in [-0.2, -0.15) is 8.78 Å². The predicted octanol–water partition coefficient (Wildman–Crippen LogP) is 0.0942. The summed E-state index contributed by atoms with van der Waals surface area (Å²) in [5, 5.41) is 0. The molecule has 14 heavy (non-hydrogen) atoms. The zero-order chi connectivity index (χ0) is 10.6. The number of alkyl halides is 2. The molecule has 1 rings (SSSR count). The minimum atomic E-state index is -4.47. The lowest BCUT2D eigenvalue weighted by atomic mass is 10.3. The Balaban J connectivity index is 2.36. The summed E-state index contributed by atoms with van der Waals surface area (Å²) in [6.07, 6.45) is 3.22. The molecule has 0 spiro atoms. The number of nitrogens with zero attached hydrogens (tertiary/aromatic N) is 1. The summed E-state index contributed by atoms with van der Waals surface area (Å²) in [5.41, 5.74) is 0.682. The van der Waals surface area contributed by atoms with Crippen LogP contribution in [0.5, 0.6) is 0 Å². The lowest BCUT2D eigenvalue weighted by molar-refractivity contribution is 0.232. The first-order valence-electron chi connectivity index (χ1n) is 3.76. The van der Waals surface area contributed by atoms with Crippen molar-refractivity contribution in [2.24, 2.45) is 0 Å². The highest BCUT2D eigenvalue weighted by Crippen LogP contribution is 2.01. The zero-order valence-electron chi connectivity index (χ0n) is 7.07. The summed E-state index contributed by atoms with van der Waals surface area (Å²) in [7, 11) is -4.47. The van der Waals surface area contributed by atoms with Crippen molar-refractivity contribution in [2.75, 3.05) is 6.54 Å². The molecule has 0 saturated carbocycles. The summed E-state index contributed by atoms with van der Waals surface area (Å²) < 4.78 is 46.5. The minimum absolute atomic E-state index is 0.0745. The van der Waals surface area contributed by atoms with Crippen molar-refractivity contribution in [2.45, 2.75) is 12.2 Å². The fourth-order valence-corrected chi connectivity index (χ4v) is 1.32. The summed E-state index contributed by atoms with van der Waals surface area (Å²) in [6, 6.07) is 0. The summed E-state index contributed by atoms with van der Waals surface area (Å²) in [5.74, 6) is -3.38. The molecule has 0 aromatic carbocycles. The molecule has 0 fully saturated rings. The molecule has 0 aliphatic heterocycles. The third kappa shape index (κ3) is 3.04. The number of H-pyrrole nitrogens is 1. The number of rotatable bonds is 5. The first-order chi connectivity index (χ1) is 6.52. The largest absolute Gasteiger partial charge is 0.350 e. The quantitative estimate of drug-likeness (QED) is 0.746. The van der Waals surface area contributed by atoms with E-state index >= 15 is 0 Å². The third-order valence-corrected chi connectivity index (χ3v) is 2.56. The van der Waals surface area contributed by atoms with E-state index in [9.17, 15) is 17.2 Å². The van der Waals surface area contributed by atoms with Crippen LogP contribution in [-0.4, -0.2) is 30.7 Å². The van der Waals surface area contributed by atoms with Crippen LogP contribution in [0.3, 0.4) is 0 Å². The Morgan fingerprint density at radius 3 is 2.79 bits per heavy atom. The van der Waals surface area contributed by atoms with Crippen molar-refractivity contribution >= 4 is 10.0 Å². The van der Waals surface area contributed by atoms with Gasteiger partial charge in [0.2, 0.25) is 0 Å². The van der Waals surface area contributed by atoms with Gasteiger partial charge in [0.1, 0.15) is 0 Å². The van der Waals surface area contributed by atoms with E-state index in [4.69, 9.17) is 0 Å². The van der Waals surface area contributed by atoms with Crippen LogP contribution >= 0.6 is 0 Å². The predicted molar refractivity (Wildman–Crippen MR) is 45.2 cm³/mol. The molecule has 80 valence electrons. The second-order valence-electron chi connectivity index (χ2n) is 2.53. The van der Waals surface area contributed by atoms with Crippen LogP contribution in [0.2, 0.25) is 0 Å². The van der Waals surface area contributed by atoms with Crippen molar-refractivity contribution in [1.29, 1.82) is 0 Å². The second kappa shape index (κ2) is 4.47. The molecule has 0 unspecified atom stereocenters. The van der Waals surface area contributed by atoms with Gasteiger partial charge >= 0.3 is 5.76 Å². The Morgan fingerprint density at radius 2 is 2.29 bits per heavy atom. The highest BCUT2D eigenvalue weighted by Gasteiger charge is 2.22. The second-order valence-corrected chi connectivity index (χ2v) is 4.26. The molecular weight excluding hydrogens is 216 g/mol. The maximum absolute atomic E-state index is 11.8. The van der Waals surface area contributed by atoms with Gasteiger partial charge in [-0.25, -0.2) is 18.1 Å². The molecule has 0 aliphatic rings. The summed E-state index contributed by atoms with van der Waals surface area (Å²) in [6.45, 7) is -0.0745. The molecule has 1 aromatic rings. The molecule has 1 aromatic heterocycles. The average Bonchev–Trinajstić information content (AvgIpc) is 2.56. The van der Waals surface area contributed by atoms with Gasteiger partial charge < -0.3 is 4.98 Å². The lowest BCUT2D eigenvalue weighted by Crippen LogP contribution is -2.31. The molecule has 0 amide bonds. The Kier molecular flexibility index (Phi) is 3.53. The molecule has 2 N–H and O–H groups in total. The molecule has 8 heteroatoms. The molecule has 0 bridgehead atoms. The van der Waals surface area contributed by atoms with Gasteiger partial charge in [-0.3, -0.25) is 0 Å². The number of nitrogens with one attached hydrogen (secondary N) is 2. The highest BCUT2D eigenvalue weighted by atomic mass is 32.2. The Bertz CT molecular complexity index is 362. The monoisotopic (exact) mass is 225 g/mol. The van der Waals surface area contributed by atoms with Crippen LogP contribution in [0, 0.1) is 0 Å². The van der Waals surface area contributed by atoms with Crippen molar-refractivity contribution < 1.29 is 17.2 Å². The molecule has 0 atom stereocenters. The lowest BCUT2D eigenvalue weighted by Gasteiger charge is -2.03. The normalized spacial score (nSPS) is 12.2. The molecule has 0 radical (unpaired) electrons. The van der Waals surface area contributed by atoms with Gasteiger partial charge in [-0.15, -0.1) is 0 Å². The summed E-state index contributed by atoms with van der Waals surface area (Å²) >= 11 is 0. The number of hydrogen-bond donors (Lipinski definition) is 2. The Morgan fingerprint density at radius 1 is 1.57 bits per heavy atom. The van der Waals surface area contributed by atoms with Gasteiger partial charge in [0.25, 0.3) is 10.0 Å². The van der Waals surface area contributed by atoms with Crippen molar-refractivity contribution in [1.82, 2.24) is 14.7 Å². The van der Waals surface area contributed by atoms with E-state index in [0.29, 0.717) is 12.1 Å². The van der Waals surface area contributed by atoms with Crippen LogP contribution in [0.25, 0.3) is 0 Å². The maximum Gasteiger partial charge on any atom is 0.350 e. The fraction of sp³-hybridized carbons (Fsp3) is 0.500. The topological polar surface area (TPSA) is 74.8 Å². The van der Waals surface area contributed by atoms with Crippen molar-refractivity contribution in [3.05, 3.63) is 18.2 Å². The van der Waals surface area contributed by atoms with E-state index in [-0.39, 0.29) is 6.54 Å². The number of aromatic nitrogens is 2. The zero-order valence-corrected chi connectivity index (χ0v) is 7.89. The van der Waals surface area contributed by atoms with Crippen LogP contribution < -0.4 is 4.72 Å². The first kappa shape index (κ1) is 11.1. The van der Waals surface area contributed by atoms with E-state index < -0.39 is 15.8 Å². The number of halogens is 2. The van der Waals surface area contributed by atoms with E-state index in [1.165, 1.54) is 12.5 Å². The smallest absolute Gasteiger partial charge is 0.348 e. The first-order valence-corrected chi connectivity index (χ1v) is 5.31. The van der Waals surface area contributed by atoms with Crippen molar-refractivity contribution in [3.8, 4) is 0 Å². The fourth-order valence-electron chi connectivity index (χ4n) is 0.812. The van der Waals surface area contributed by atoms with Gasteiger partial charge in [0.05, 0.1) is 6.33 Å². The number of imidazole rings is 1. The average molecular weight is 225 g/mol. The third-order valence-electron chi connectivity index (χ3n) is 1.49. The number of aromatic amines is 1. The van der Waals surface area contributed by atoms with Crippen molar-refractivity contribution in [3.63, 3.8) is 0 Å². The standard InChI is InChI=1S/C6H9F2N3O2S/c7-6(8)14(12,13)11-2-1-5-3-9-4-10-5/h3-4,6,11H,1-2H2,(H,9,10). The summed E-state index contributed by atoms with van der Waals surface area (Å²) in [4.78, 5) is 6.41. The van der Waals surface area contributed by atoms with Gasteiger partial charge in [-0.05, 0) is 0 Å². The van der Waals surface area contributed by atoms with Crippen LogP contribution in [-0.2, 0) is 16.4 Å². The van der Waals surface area contributed by atoms with E-state index in [1.54, 1.807) is 4.72 Å². The highest BCUT2D eigenvalue weighted by molar-refractivity contribution is 7.89. The van der Waals surface area contributed by atoms with Gasteiger partial charge in [0, 0.05) is 24.9 Å². The number of hydrogen-bond acceptors (Lipinski definition) is 3. The number of sulfonamides is 1. The van der Waals surface area contributed by atoms with Gasteiger partial charge in [-0.1, -0.05) is 0 Å². The molecular formula is C6H9F2N3O2S. The van der Waals surface area contributed by atoms with Crippen LogP contribution in [0.15, 0.2) is 12.5 Å². The maximum atomic E-state index is 11.8. The molecule has 0 aliphatic carbocycles. The van der Waals surface area contributed by atoms with E-state index in [1.807, 2.05) is 0 Å². The SMILES string of the molecule is O=S(=O)(NCCc1cnc[nH]1)C(F)F. The molecule has 1 heterocycles. The Hall–Kier alpha value is -1.02. The van der Waals surface area contributed by atoms with E-state index in [0.717, 1.165) is 0 Å².